The molecule has 0 radical (unpaired) electrons. The highest BCUT2D eigenvalue weighted by Crippen LogP contribution is 2.25. The summed E-state index contributed by atoms with van der Waals surface area (Å²) in [4.78, 5) is 13.6. The van der Waals surface area contributed by atoms with Crippen LogP contribution in [0.15, 0.2) is 12.1 Å². The zero-order valence-corrected chi connectivity index (χ0v) is 8.98. The summed E-state index contributed by atoms with van der Waals surface area (Å²) in [6.07, 6.45) is 1.03. The molecule has 72 valence electrons. The van der Waals surface area contributed by atoms with Crippen LogP contribution in [0.25, 0.3) is 0 Å². The molecule has 0 N–H and O–H groups in total. The third kappa shape index (κ3) is 2.31. The number of rotatable bonds is 3. The predicted octanol–water partition coefficient (Wildman–Crippen LogP) is 2.59. The van der Waals surface area contributed by atoms with Crippen molar-refractivity contribution in [2.24, 2.45) is 0 Å². The molecule has 3 heteroatoms. The van der Waals surface area contributed by atoms with Crippen molar-refractivity contribution in [3.63, 3.8) is 0 Å². The van der Waals surface area contributed by atoms with Crippen molar-refractivity contribution in [1.29, 1.82) is 0 Å². The Morgan fingerprint density at radius 2 is 2.31 bits per heavy atom. The Morgan fingerprint density at radius 3 is 2.77 bits per heavy atom. The monoisotopic (exact) mass is 198 g/mol. The van der Waals surface area contributed by atoms with E-state index in [1.54, 1.807) is 11.3 Å². The van der Waals surface area contributed by atoms with E-state index in [1.165, 1.54) is 12.0 Å². The number of hydrogen-bond acceptors (Lipinski definition) is 3. The highest BCUT2D eigenvalue weighted by atomic mass is 32.1. The second-order valence-electron chi connectivity index (χ2n) is 2.90. The van der Waals surface area contributed by atoms with Crippen LogP contribution in [0.2, 0.25) is 0 Å². The lowest BCUT2D eigenvalue weighted by Crippen LogP contribution is -2.09. The van der Waals surface area contributed by atoms with Crippen LogP contribution in [0.4, 0.5) is 0 Å². The van der Waals surface area contributed by atoms with Crippen LogP contribution in [0.3, 0.4) is 0 Å². The predicted molar refractivity (Wildman–Crippen MR) is 54.1 cm³/mol. The zero-order valence-electron chi connectivity index (χ0n) is 8.16. The molecule has 0 aromatic carbocycles. The Balaban J connectivity index is 2.76. The lowest BCUT2D eigenvalue weighted by molar-refractivity contribution is -0.141. The number of aryl methyl sites for hydroxylation is 1. The van der Waals surface area contributed by atoms with Crippen molar-refractivity contribution in [1.82, 2.24) is 0 Å². The molecule has 0 saturated heterocycles. The molecule has 1 aromatic heterocycles. The van der Waals surface area contributed by atoms with Gasteiger partial charge in [-0.3, -0.25) is 4.79 Å². The smallest absolute Gasteiger partial charge is 0.313 e. The summed E-state index contributed by atoms with van der Waals surface area (Å²) in [7, 11) is 1.42. The first-order chi connectivity index (χ1) is 6.19. The Bertz CT molecular complexity index is 291. The van der Waals surface area contributed by atoms with Crippen molar-refractivity contribution < 1.29 is 9.53 Å². The van der Waals surface area contributed by atoms with E-state index in [9.17, 15) is 4.79 Å². The minimum Gasteiger partial charge on any atom is -0.469 e. The number of ether oxygens (including phenoxy) is 1. The molecule has 0 aliphatic rings. The topological polar surface area (TPSA) is 26.3 Å². The average molecular weight is 198 g/mol. The summed E-state index contributed by atoms with van der Waals surface area (Å²) < 4.78 is 4.68. The number of carbonyl (C=O) groups is 1. The van der Waals surface area contributed by atoms with Crippen LogP contribution < -0.4 is 0 Å². The largest absolute Gasteiger partial charge is 0.469 e. The summed E-state index contributed by atoms with van der Waals surface area (Å²) in [6, 6.07) is 4.07. The second kappa shape index (κ2) is 4.42. The summed E-state index contributed by atoms with van der Waals surface area (Å²) in [5, 5.41) is 0. The van der Waals surface area contributed by atoms with Crippen molar-refractivity contribution in [2.75, 3.05) is 7.11 Å². The zero-order chi connectivity index (χ0) is 9.84. The van der Waals surface area contributed by atoms with Crippen LogP contribution in [-0.2, 0) is 16.0 Å². The van der Waals surface area contributed by atoms with Crippen molar-refractivity contribution >= 4 is 17.3 Å². The molecule has 1 heterocycles. The fourth-order valence-electron chi connectivity index (χ4n) is 1.11. The minimum absolute atomic E-state index is 0.129. The summed E-state index contributed by atoms with van der Waals surface area (Å²) in [6.45, 7) is 3.98. The Kier molecular flexibility index (Phi) is 3.48. The lowest BCUT2D eigenvalue weighted by Gasteiger charge is -2.05. The van der Waals surface area contributed by atoms with Gasteiger partial charge in [-0.2, -0.15) is 0 Å². The molecule has 1 atom stereocenters. The van der Waals surface area contributed by atoms with Crippen LogP contribution in [0.1, 0.15) is 29.5 Å². The van der Waals surface area contributed by atoms with E-state index >= 15 is 0 Å². The first-order valence-corrected chi connectivity index (χ1v) is 5.17. The van der Waals surface area contributed by atoms with Gasteiger partial charge in [0.25, 0.3) is 0 Å². The fraction of sp³-hybridized carbons (Fsp3) is 0.500. The van der Waals surface area contributed by atoms with Crippen molar-refractivity contribution in [3.05, 3.63) is 21.9 Å². The van der Waals surface area contributed by atoms with Gasteiger partial charge in [-0.25, -0.2) is 0 Å². The summed E-state index contributed by atoms with van der Waals surface area (Å²) in [5.41, 5.74) is 0. The molecule has 0 bridgehead atoms. The highest BCUT2D eigenvalue weighted by molar-refractivity contribution is 7.12. The molecule has 1 aromatic rings. The van der Waals surface area contributed by atoms with E-state index in [2.05, 4.69) is 17.7 Å². The normalized spacial score (nSPS) is 12.5. The second-order valence-corrected chi connectivity index (χ2v) is 4.10. The van der Waals surface area contributed by atoms with E-state index in [0.717, 1.165) is 11.3 Å². The molecule has 13 heavy (non-hydrogen) atoms. The maximum absolute atomic E-state index is 11.2. The first kappa shape index (κ1) is 10.3. The standard InChI is InChI=1S/C10H14O2S/c1-4-8-5-6-9(13-8)7(2)10(11)12-3/h5-7H,4H2,1-3H3. The van der Waals surface area contributed by atoms with Crippen molar-refractivity contribution in [3.8, 4) is 0 Å². The van der Waals surface area contributed by atoms with Crippen LogP contribution in [0.5, 0.6) is 0 Å². The molecule has 0 spiro atoms. The molecular weight excluding hydrogens is 184 g/mol. The number of esters is 1. The van der Waals surface area contributed by atoms with E-state index in [0.29, 0.717) is 0 Å². The Morgan fingerprint density at radius 1 is 1.62 bits per heavy atom. The molecule has 1 rings (SSSR count). The van der Waals surface area contributed by atoms with Gasteiger partial charge in [0.05, 0.1) is 13.0 Å². The Labute approximate surface area is 82.5 Å². The third-order valence-electron chi connectivity index (χ3n) is 2.01. The summed E-state index contributed by atoms with van der Waals surface area (Å²) in [5.74, 6) is -0.292. The summed E-state index contributed by atoms with van der Waals surface area (Å²) >= 11 is 1.68. The van der Waals surface area contributed by atoms with E-state index in [-0.39, 0.29) is 11.9 Å². The molecule has 0 amide bonds. The maximum Gasteiger partial charge on any atom is 0.313 e. The van der Waals surface area contributed by atoms with Gasteiger partial charge in [0.15, 0.2) is 0 Å². The first-order valence-electron chi connectivity index (χ1n) is 4.35. The van der Waals surface area contributed by atoms with E-state index in [1.807, 2.05) is 13.0 Å². The maximum atomic E-state index is 11.2. The minimum atomic E-state index is -0.162. The van der Waals surface area contributed by atoms with Gasteiger partial charge in [-0.15, -0.1) is 11.3 Å². The number of carbonyl (C=O) groups excluding carboxylic acids is 1. The molecular formula is C10H14O2S. The SMILES string of the molecule is CCc1ccc(C(C)C(=O)OC)s1. The molecule has 2 nitrogen and oxygen atoms in total. The Hall–Kier alpha value is -0.830. The van der Waals surface area contributed by atoms with Gasteiger partial charge in [0, 0.05) is 9.75 Å². The number of thiophene rings is 1. The van der Waals surface area contributed by atoms with Gasteiger partial charge in [0.1, 0.15) is 0 Å². The fourth-order valence-corrected chi connectivity index (χ4v) is 2.10. The number of hydrogen-bond donors (Lipinski definition) is 0. The molecule has 0 fully saturated rings. The van der Waals surface area contributed by atoms with Gasteiger partial charge in [0.2, 0.25) is 0 Å². The van der Waals surface area contributed by atoms with Gasteiger partial charge < -0.3 is 4.74 Å². The van der Waals surface area contributed by atoms with Gasteiger partial charge >= 0.3 is 5.97 Å². The molecule has 0 aliphatic heterocycles. The average Bonchev–Trinajstić information content (AvgIpc) is 2.63. The van der Waals surface area contributed by atoms with Gasteiger partial charge in [-0.1, -0.05) is 6.92 Å². The van der Waals surface area contributed by atoms with Gasteiger partial charge in [-0.05, 0) is 25.5 Å². The molecule has 0 aliphatic carbocycles. The third-order valence-corrected chi connectivity index (χ3v) is 3.42. The molecule has 1 unspecified atom stereocenters. The molecule has 0 saturated carbocycles. The lowest BCUT2D eigenvalue weighted by atomic mass is 10.1. The van der Waals surface area contributed by atoms with Crippen molar-refractivity contribution in [2.45, 2.75) is 26.2 Å². The quantitative estimate of drug-likeness (QED) is 0.698. The number of methoxy groups -OCH3 is 1. The van der Waals surface area contributed by atoms with Crippen LogP contribution in [-0.4, -0.2) is 13.1 Å². The van der Waals surface area contributed by atoms with E-state index in [4.69, 9.17) is 0 Å². The van der Waals surface area contributed by atoms with Crippen LogP contribution >= 0.6 is 11.3 Å². The van der Waals surface area contributed by atoms with E-state index < -0.39 is 0 Å². The highest BCUT2D eigenvalue weighted by Gasteiger charge is 2.16. The van der Waals surface area contributed by atoms with Crippen LogP contribution in [0, 0.1) is 0 Å².